The van der Waals surface area contributed by atoms with Gasteiger partial charge in [0.1, 0.15) is 0 Å². The summed E-state index contributed by atoms with van der Waals surface area (Å²) in [5.74, 6) is -0.363. The van der Waals surface area contributed by atoms with E-state index in [2.05, 4.69) is 5.32 Å². The van der Waals surface area contributed by atoms with Crippen LogP contribution in [0.4, 0.5) is 0 Å². The van der Waals surface area contributed by atoms with E-state index in [-0.39, 0.29) is 24.0 Å². The van der Waals surface area contributed by atoms with Crippen molar-refractivity contribution in [2.45, 2.75) is 43.2 Å². The highest BCUT2D eigenvalue weighted by Gasteiger charge is 2.37. The Morgan fingerprint density at radius 2 is 2.10 bits per heavy atom. The molecule has 6 nitrogen and oxygen atoms in total. The van der Waals surface area contributed by atoms with Crippen molar-refractivity contribution < 1.29 is 18.3 Å². The van der Waals surface area contributed by atoms with Gasteiger partial charge in [0.25, 0.3) is 0 Å². The fraction of sp³-hybridized carbons (Fsp3) is 0.923. The van der Waals surface area contributed by atoms with Gasteiger partial charge in [0, 0.05) is 6.54 Å². The second-order valence-electron chi connectivity index (χ2n) is 6.39. The number of likely N-dealkylation sites (tertiary alicyclic amines) is 1. The number of sulfone groups is 1. The maximum atomic E-state index is 12.0. The molecule has 0 bridgehead atoms. The van der Waals surface area contributed by atoms with Crippen LogP contribution in [0.15, 0.2) is 0 Å². The molecule has 0 aromatic rings. The molecule has 3 atom stereocenters. The lowest BCUT2D eigenvalue weighted by Crippen LogP contribution is -2.46. The zero-order chi connectivity index (χ0) is 15.7. The summed E-state index contributed by atoms with van der Waals surface area (Å²) in [6, 6.07) is -0.501. The Morgan fingerprint density at radius 3 is 2.71 bits per heavy atom. The number of hydrogen-bond donors (Lipinski definition) is 2. The Morgan fingerprint density at radius 1 is 1.38 bits per heavy atom. The molecule has 0 aliphatic carbocycles. The van der Waals surface area contributed by atoms with E-state index in [0.29, 0.717) is 13.0 Å². The summed E-state index contributed by atoms with van der Waals surface area (Å²) in [6.07, 6.45) is 2.21. The van der Waals surface area contributed by atoms with Crippen LogP contribution in [-0.4, -0.2) is 72.5 Å². The van der Waals surface area contributed by atoms with Gasteiger partial charge in [-0.1, -0.05) is 0 Å². The molecule has 0 radical (unpaired) electrons. The van der Waals surface area contributed by atoms with Crippen LogP contribution in [-0.2, 0) is 14.6 Å². The number of carbonyl (C=O) groups excluding carboxylic acids is 1. The first-order valence-electron chi connectivity index (χ1n) is 7.25. The van der Waals surface area contributed by atoms with Crippen LogP contribution in [0.5, 0.6) is 0 Å². The Balaban J connectivity index is 1.82. The highest BCUT2D eigenvalue weighted by Crippen LogP contribution is 2.21. The average Bonchev–Trinajstić information content (AvgIpc) is 2.48. The summed E-state index contributed by atoms with van der Waals surface area (Å²) in [7, 11) is -3.14. The summed E-state index contributed by atoms with van der Waals surface area (Å²) < 4.78 is 22.9. The minimum Gasteiger partial charge on any atom is -0.390 e. The second kappa shape index (κ2) is 6.40. The van der Waals surface area contributed by atoms with Gasteiger partial charge in [-0.05, 0) is 32.7 Å². The van der Waals surface area contributed by atoms with Gasteiger partial charge in [-0.2, -0.15) is 0 Å². The number of hydrogen-bond acceptors (Lipinski definition) is 5. The summed E-state index contributed by atoms with van der Waals surface area (Å²) in [5.41, 5.74) is -0.661. The van der Waals surface area contributed by atoms with E-state index in [1.807, 2.05) is 11.8 Å². The molecule has 2 heterocycles. The zero-order valence-corrected chi connectivity index (χ0v) is 13.8. The molecule has 2 N–H and O–H groups in total. The third kappa shape index (κ3) is 5.09. The molecule has 2 saturated heterocycles. The molecule has 122 valence electrons. The second-order valence-corrected chi connectivity index (χ2v) is 9.11. The number of halogens is 1. The predicted octanol–water partition coefficient (Wildman–Crippen LogP) is -0.256. The van der Waals surface area contributed by atoms with Crippen molar-refractivity contribution in [2.24, 2.45) is 0 Å². The number of carbonyl (C=O) groups is 1. The first-order valence-corrected chi connectivity index (χ1v) is 9.51. The Bertz CT molecular complexity index is 494. The Kier molecular flexibility index (Phi) is 5.18. The quantitative estimate of drug-likeness (QED) is 0.693. The standard InChI is InChI=1S/C13H23ClN2O4S/c1-13(18)3-2-5-16(6-4-13)7-12(17)15-11-9-21(19,20)8-10(11)14/h10-11,18H,2-9H2,1H3,(H,15,17). The number of alkyl halides is 1. The molecule has 0 saturated carbocycles. The summed E-state index contributed by atoms with van der Waals surface area (Å²) in [5, 5.41) is 12.2. The van der Waals surface area contributed by atoms with E-state index in [1.165, 1.54) is 0 Å². The molecule has 0 aromatic carbocycles. The average molecular weight is 339 g/mol. The predicted molar refractivity (Wildman–Crippen MR) is 81.1 cm³/mol. The normalized spacial score (nSPS) is 37.1. The monoisotopic (exact) mass is 338 g/mol. The van der Waals surface area contributed by atoms with Gasteiger partial charge in [0.2, 0.25) is 5.91 Å². The smallest absolute Gasteiger partial charge is 0.234 e. The van der Waals surface area contributed by atoms with Crippen molar-refractivity contribution in [1.29, 1.82) is 0 Å². The van der Waals surface area contributed by atoms with Gasteiger partial charge < -0.3 is 10.4 Å². The van der Waals surface area contributed by atoms with E-state index in [0.717, 1.165) is 19.4 Å². The minimum absolute atomic E-state index is 0.0773. The van der Waals surface area contributed by atoms with Crippen LogP contribution in [0.3, 0.4) is 0 Å². The number of nitrogens with zero attached hydrogens (tertiary/aromatic N) is 1. The third-order valence-corrected chi connectivity index (χ3v) is 6.53. The van der Waals surface area contributed by atoms with Crippen molar-refractivity contribution >= 4 is 27.3 Å². The van der Waals surface area contributed by atoms with Crippen LogP contribution in [0.2, 0.25) is 0 Å². The van der Waals surface area contributed by atoms with Gasteiger partial charge in [-0.25, -0.2) is 8.42 Å². The number of nitrogens with one attached hydrogen (secondary N) is 1. The number of rotatable bonds is 3. The lowest BCUT2D eigenvalue weighted by Gasteiger charge is -2.23. The van der Waals surface area contributed by atoms with Gasteiger partial charge in [0.15, 0.2) is 9.84 Å². The van der Waals surface area contributed by atoms with Crippen LogP contribution < -0.4 is 5.32 Å². The molecule has 0 spiro atoms. The van der Waals surface area contributed by atoms with Crippen LogP contribution in [0, 0.1) is 0 Å². The fourth-order valence-corrected chi connectivity index (χ4v) is 5.42. The highest BCUT2D eigenvalue weighted by atomic mass is 35.5. The van der Waals surface area contributed by atoms with Gasteiger partial charge >= 0.3 is 0 Å². The maximum absolute atomic E-state index is 12.0. The number of amides is 1. The highest BCUT2D eigenvalue weighted by molar-refractivity contribution is 7.91. The Hall–Kier alpha value is -0.370. The summed E-state index contributed by atoms with van der Waals surface area (Å²) in [4.78, 5) is 14.0. The van der Waals surface area contributed by atoms with E-state index in [4.69, 9.17) is 11.6 Å². The molecule has 0 aromatic heterocycles. The Labute approximate surface area is 130 Å². The van der Waals surface area contributed by atoms with E-state index < -0.39 is 26.9 Å². The largest absolute Gasteiger partial charge is 0.390 e. The summed E-state index contributed by atoms with van der Waals surface area (Å²) in [6.45, 7) is 3.46. The van der Waals surface area contributed by atoms with Gasteiger partial charge in [-0.15, -0.1) is 11.6 Å². The third-order valence-electron chi connectivity index (χ3n) is 4.15. The molecule has 2 fully saturated rings. The van der Waals surface area contributed by atoms with Crippen molar-refractivity contribution in [3.8, 4) is 0 Å². The van der Waals surface area contributed by atoms with Crippen LogP contribution >= 0.6 is 11.6 Å². The molecular weight excluding hydrogens is 316 g/mol. The first-order chi connectivity index (χ1) is 9.67. The zero-order valence-electron chi connectivity index (χ0n) is 12.2. The molecule has 1 amide bonds. The van der Waals surface area contributed by atoms with Crippen LogP contribution in [0.1, 0.15) is 26.2 Å². The van der Waals surface area contributed by atoms with Crippen LogP contribution in [0.25, 0.3) is 0 Å². The molecule has 8 heteroatoms. The number of aliphatic hydroxyl groups is 1. The molecule has 2 aliphatic rings. The molecule has 3 unspecified atom stereocenters. The van der Waals surface area contributed by atoms with Crippen molar-refractivity contribution in [2.75, 3.05) is 31.1 Å². The topological polar surface area (TPSA) is 86.7 Å². The first kappa shape index (κ1) is 17.0. The van der Waals surface area contributed by atoms with E-state index in [1.54, 1.807) is 0 Å². The molecule has 2 aliphatic heterocycles. The van der Waals surface area contributed by atoms with E-state index in [9.17, 15) is 18.3 Å². The van der Waals surface area contributed by atoms with Crippen molar-refractivity contribution in [3.05, 3.63) is 0 Å². The summed E-state index contributed by atoms with van der Waals surface area (Å²) >= 11 is 5.97. The lowest BCUT2D eigenvalue weighted by atomic mass is 9.98. The van der Waals surface area contributed by atoms with Gasteiger partial charge in [-0.3, -0.25) is 9.69 Å². The molecule has 2 rings (SSSR count). The SMILES string of the molecule is CC1(O)CCCN(CC(=O)NC2CS(=O)(=O)CC2Cl)CC1. The molecule has 21 heavy (non-hydrogen) atoms. The maximum Gasteiger partial charge on any atom is 0.234 e. The van der Waals surface area contributed by atoms with E-state index >= 15 is 0 Å². The van der Waals surface area contributed by atoms with Crippen molar-refractivity contribution in [1.82, 2.24) is 10.2 Å². The fourth-order valence-electron chi connectivity index (χ4n) is 2.87. The minimum atomic E-state index is -3.14. The molecular formula is C13H23ClN2O4S. The van der Waals surface area contributed by atoms with Crippen molar-refractivity contribution in [3.63, 3.8) is 0 Å². The lowest BCUT2D eigenvalue weighted by molar-refractivity contribution is -0.122. The van der Waals surface area contributed by atoms with Gasteiger partial charge in [0.05, 0.1) is 35.1 Å².